The summed E-state index contributed by atoms with van der Waals surface area (Å²) in [6.45, 7) is 3.76. The molecule has 0 unspecified atom stereocenters. The van der Waals surface area contributed by atoms with Gasteiger partial charge in [0.05, 0.1) is 11.0 Å². The lowest BCUT2D eigenvalue weighted by molar-refractivity contribution is -0.116. The van der Waals surface area contributed by atoms with Crippen molar-refractivity contribution in [2.75, 3.05) is 43.4 Å². The monoisotopic (exact) mass is 393 g/mol. The Hall–Kier alpha value is -3.39. The second-order valence-corrected chi connectivity index (χ2v) is 7.25. The first kappa shape index (κ1) is 18.9. The molecule has 0 bridgehead atoms. The molecule has 3 aromatic rings. The van der Waals surface area contributed by atoms with Crippen LogP contribution in [0.15, 0.2) is 58.1 Å². The van der Waals surface area contributed by atoms with Crippen LogP contribution in [0.1, 0.15) is 0 Å². The SMILES string of the molecule is CN1CCN(c2ccc(NC(=O)Cn3c(=O)c(=O)[nH]c4ccccc43)cc2)CC1. The van der Waals surface area contributed by atoms with Crippen molar-refractivity contribution in [3.63, 3.8) is 0 Å². The highest BCUT2D eigenvalue weighted by atomic mass is 16.2. The lowest BCUT2D eigenvalue weighted by atomic mass is 10.2. The van der Waals surface area contributed by atoms with E-state index in [0.29, 0.717) is 16.7 Å². The molecule has 1 aromatic heterocycles. The number of likely N-dealkylation sites (N-methyl/N-ethyl adjacent to an activating group) is 1. The number of hydrogen-bond donors (Lipinski definition) is 2. The highest BCUT2D eigenvalue weighted by Crippen LogP contribution is 2.19. The van der Waals surface area contributed by atoms with Crippen LogP contribution in [0.3, 0.4) is 0 Å². The summed E-state index contributed by atoms with van der Waals surface area (Å²) < 4.78 is 1.20. The molecule has 2 heterocycles. The average molecular weight is 393 g/mol. The fraction of sp³-hybridized carbons (Fsp3) is 0.286. The Balaban J connectivity index is 1.48. The molecule has 1 aliphatic rings. The summed E-state index contributed by atoms with van der Waals surface area (Å²) in [5.41, 5.74) is 1.30. The van der Waals surface area contributed by atoms with Gasteiger partial charge in [0.25, 0.3) is 0 Å². The van der Waals surface area contributed by atoms with Gasteiger partial charge >= 0.3 is 11.1 Å². The topological polar surface area (TPSA) is 90.4 Å². The number of H-pyrrole nitrogens is 1. The van der Waals surface area contributed by atoms with Crippen LogP contribution in [-0.4, -0.2) is 53.6 Å². The van der Waals surface area contributed by atoms with Crippen molar-refractivity contribution in [3.8, 4) is 0 Å². The molecule has 0 saturated carbocycles. The van der Waals surface area contributed by atoms with Crippen molar-refractivity contribution in [2.45, 2.75) is 6.54 Å². The van der Waals surface area contributed by atoms with Crippen molar-refractivity contribution in [2.24, 2.45) is 0 Å². The number of carbonyl (C=O) groups is 1. The van der Waals surface area contributed by atoms with Gasteiger partial charge in [-0.05, 0) is 43.4 Å². The van der Waals surface area contributed by atoms with Crippen molar-refractivity contribution < 1.29 is 4.79 Å². The van der Waals surface area contributed by atoms with Gasteiger partial charge < -0.3 is 20.1 Å². The van der Waals surface area contributed by atoms with E-state index in [4.69, 9.17) is 0 Å². The smallest absolute Gasteiger partial charge is 0.317 e. The largest absolute Gasteiger partial charge is 0.369 e. The molecule has 8 nitrogen and oxygen atoms in total. The summed E-state index contributed by atoms with van der Waals surface area (Å²) in [5, 5.41) is 2.80. The maximum Gasteiger partial charge on any atom is 0.317 e. The van der Waals surface area contributed by atoms with Gasteiger partial charge in [-0.15, -0.1) is 0 Å². The van der Waals surface area contributed by atoms with Gasteiger partial charge in [0.15, 0.2) is 0 Å². The van der Waals surface area contributed by atoms with Crippen LogP contribution in [0.4, 0.5) is 11.4 Å². The van der Waals surface area contributed by atoms with Gasteiger partial charge in [-0.1, -0.05) is 12.1 Å². The first-order valence-electron chi connectivity index (χ1n) is 9.56. The zero-order valence-corrected chi connectivity index (χ0v) is 16.2. The number of hydrogen-bond acceptors (Lipinski definition) is 5. The third-order valence-corrected chi connectivity index (χ3v) is 5.20. The fourth-order valence-electron chi connectivity index (χ4n) is 3.54. The molecule has 0 spiro atoms. The van der Waals surface area contributed by atoms with Crippen LogP contribution in [0.2, 0.25) is 0 Å². The minimum atomic E-state index is -0.746. The molecule has 2 aromatic carbocycles. The number of nitrogens with one attached hydrogen (secondary N) is 2. The molecule has 8 heteroatoms. The molecule has 2 N–H and O–H groups in total. The number of anilines is 2. The number of para-hydroxylation sites is 2. The van der Waals surface area contributed by atoms with Crippen LogP contribution in [0.25, 0.3) is 11.0 Å². The molecule has 29 heavy (non-hydrogen) atoms. The second-order valence-electron chi connectivity index (χ2n) is 7.25. The van der Waals surface area contributed by atoms with Crippen molar-refractivity contribution in [3.05, 3.63) is 69.2 Å². The van der Waals surface area contributed by atoms with Crippen molar-refractivity contribution in [1.82, 2.24) is 14.5 Å². The minimum Gasteiger partial charge on any atom is -0.369 e. The van der Waals surface area contributed by atoms with Crippen LogP contribution >= 0.6 is 0 Å². The van der Waals surface area contributed by atoms with Gasteiger partial charge in [0.1, 0.15) is 6.54 Å². The number of nitrogens with zero attached hydrogens (tertiary/aromatic N) is 3. The third-order valence-electron chi connectivity index (χ3n) is 5.20. The summed E-state index contributed by atoms with van der Waals surface area (Å²) in [6.07, 6.45) is 0. The Kier molecular flexibility index (Phi) is 5.18. The molecule has 0 atom stereocenters. The molecular formula is C21H23N5O3. The number of aromatic amines is 1. The fourth-order valence-corrected chi connectivity index (χ4v) is 3.54. The molecule has 1 fully saturated rings. The number of benzene rings is 2. The number of amides is 1. The van der Waals surface area contributed by atoms with Gasteiger partial charge in [0, 0.05) is 37.6 Å². The van der Waals surface area contributed by atoms with Crippen LogP contribution < -0.4 is 21.3 Å². The van der Waals surface area contributed by atoms with E-state index in [0.717, 1.165) is 31.9 Å². The summed E-state index contributed by atoms with van der Waals surface area (Å²) in [7, 11) is 2.12. The number of piperazine rings is 1. The normalized spacial score (nSPS) is 14.9. The maximum absolute atomic E-state index is 12.5. The first-order chi connectivity index (χ1) is 14.0. The molecule has 1 amide bonds. The number of carbonyl (C=O) groups excluding carboxylic acids is 1. The minimum absolute atomic E-state index is 0.233. The number of aromatic nitrogens is 2. The standard InChI is InChI=1S/C21H23N5O3/c1-24-10-12-25(13-11-24)16-8-6-15(7-9-16)22-19(27)14-26-18-5-3-2-4-17(18)23-20(28)21(26)29/h2-9H,10-14H2,1H3,(H,22,27)(H,23,28). The molecule has 150 valence electrons. The number of fused-ring (bicyclic) bond motifs is 1. The molecule has 0 radical (unpaired) electrons. The second kappa shape index (κ2) is 7.92. The molecular weight excluding hydrogens is 370 g/mol. The predicted octanol–water partition coefficient (Wildman–Crippen LogP) is 1.08. The quantitative estimate of drug-likeness (QED) is 0.648. The van der Waals surface area contributed by atoms with Crippen LogP contribution in [-0.2, 0) is 11.3 Å². The van der Waals surface area contributed by atoms with Gasteiger partial charge in [-0.2, -0.15) is 0 Å². The van der Waals surface area contributed by atoms with Gasteiger partial charge in [0.2, 0.25) is 5.91 Å². The summed E-state index contributed by atoms with van der Waals surface area (Å²) in [5.74, 6) is -0.366. The Morgan fingerprint density at radius 3 is 2.41 bits per heavy atom. The Labute approximate surface area is 167 Å². The van der Waals surface area contributed by atoms with Crippen LogP contribution in [0, 0.1) is 0 Å². The van der Waals surface area contributed by atoms with Gasteiger partial charge in [-0.3, -0.25) is 19.0 Å². The maximum atomic E-state index is 12.5. The Morgan fingerprint density at radius 2 is 1.69 bits per heavy atom. The molecule has 1 aliphatic heterocycles. The zero-order chi connectivity index (χ0) is 20.4. The highest BCUT2D eigenvalue weighted by molar-refractivity contribution is 5.91. The Morgan fingerprint density at radius 1 is 1.00 bits per heavy atom. The number of rotatable bonds is 4. The molecule has 1 saturated heterocycles. The van der Waals surface area contributed by atoms with E-state index in [1.54, 1.807) is 24.3 Å². The lowest BCUT2D eigenvalue weighted by Crippen LogP contribution is -2.44. The molecule has 4 rings (SSSR count). The summed E-state index contributed by atoms with van der Waals surface area (Å²) in [6, 6.07) is 14.6. The van der Waals surface area contributed by atoms with Gasteiger partial charge in [-0.25, -0.2) is 0 Å². The Bertz CT molecular complexity index is 1140. The van der Waals surface area contributed by atoms with E-state index in [2.05, 4.69) is 27.1 Å². The molecule has 0 aliphatic carbocycles. The van der Waals surface area contributed by atoms with E-state index >= 15 is 0 Å². The van der Waals surface area contributed by atoms with Crippen molar-refractivity contribution >= 4 is 28.3 Å². The third kappa shape index (κ3) is 4.07. The van der Waals surface area contributed by atoms with E-state index in [1.807, 2.05) is 24.3 Å². The zero-order valence-electron chi connectivity index (χ0n) is 16.2. The summed E-state index contributed by atoms with van der Waals surface area (Å²) >= 11 is 0. The average Bonchev–Trinajstić information content (AvgIpc) is 2.72. The highest BCUT2D eigenvalue weighted by Gasteiger charge is 2.15. The summed E-state index contributed by atoms with van der Waals surface area (Å²) in [4.78, 5) is 43.8. The van der Waals surface area contributed by atoms with E-state index in [-0.39, 0.29) is 12.5 Å². The lowest BCUT2D eigenvalue weighted by Gasteiger charge is -2.34. The predicted molar refractivity (Wildman–Crippen MR) is 114 cm³/mol. The first-order valence-corrected chi connectivity index (χ1v) is 9.56. The van der Waals surface area contributed by atoms with E-state index in [1.165, 1.54) is 4.57 Å². The van der Waals surface area contributed by atoms with E-state index in [9.17, 15) is 14.4 Å². The van der Waals surface area contributed by atoms with E-state index < -0.39 is 11.1 Å². The van der Waals surface area contributed by atoms with Crippen molar-refractivity contribution in [1.29, 1.82) is 0 Å². The van der Waals surface area contributed by atoms with Crippen LogP contribution in [0.5, 0.6) is 0 Å².